The molecule has 0 aliphatic carbocycles. The quantitative estimate of drug-likeness (QED) is 0.122. The molecule has 0 saturated heterocycles. The van der Waals surface area contributed by atoms with E-state index >= 15 is 0 Å². The Labute approximate surface area is 222 Å². The van der Waals surface area contributed by atoms with Gasteiger partial charge in [0.25, 0.3) is 0 Å². The first-order valence-electron chi connectivity index (χ1n) is 11.4. The number of hydrogen-bond acceptors (Lipinski definition) is 7. The number of nitro groups is 1. The largest absolute Gasteiger partial charge is 0.494 e. The lowest BCUT2D eigenvalue weighted by atomic mass is 10.1. The highest BCUT2D eigenvalue weighted by Crippen LogP contribution is 2.39. The number of halogens is 2. The average Bonchev–Trinajstić information content (AvgIpc) is 3.23. The smallest absolute Gasteiger partial charge is 0.220 e. The average molecular weight is 543 g/mol. The summed E-state index contributed by atoms with van der Waals surface area (Å²) in [5.41, 5.74) is 2.11. The standard InChI is InChI=1S/C26H24ClFN4O4S/c1-3-35-22-10-8-21(9-11-22)32-17(2)29-30-26(32)37-25(15-31(33)34)19-7-12-24(23(27)14-19)36-16-18-5-4-6-20(28)13-18/h4-14,25H,3,15-16H2,1-2H3/t25-/m0/s1. The molecule has 0 radical (unpaired) electrons. The number of rotatable bonds is 11. The minimum absolute atomic E-state index is 0.133. The van der Waals surface area contributed by atoms with Gasteiger partial charge in [0.1, 0.15) is 35.0 Å². The maximum absolute atomic E-state index is 13.4. The van der Waals surface area contributed by atoms with Gasteiger partial charge in [-0.15, -0.1) is 10.2 Å². The summed E-state index contributed by atoms with van der Waals surface area (Å²) >= 11 is 7.69. The van der Waals surface area contributed by atoms with Crippen LogP contribution in [0.3, 0.4) is 0 Å². The van der Waals surface area contributed by atoms with Crippen molar-refractivity contribution in [2.45, 2.75) is 30.9 Å². The molecular weight excluding hydrogens is 519 g/mol. The van der Waals surface area contributed by atoms with Gasteiger partial charge in [0, 0.05) is 10.6 Å². The van der Waals surface area contributed by atoms with Crippen LogP contribution in [0.2, 0.25) is 5.02 Å². The number of nitrogens with zero attached hydrogens (tertiary/aromatic N) is 4. The van der Waals surface area contributed by atoms with Crippen molar-refractivity contribution in [3.8, 4) is 17.2 Å². The molecule has 0 spiro atoms. The molecule has 0 unspecified atom stereocenters. The number of thioether (sulfide) groups is 1. The minimum Gasteiger partial charge on any atom is -0.494 e. The Bertz CT molecular complexity index is 1380. The van der Waals surface area contributed by atoms with Gasteiger partial charge in [-0.2, -0.15) is 0 Å². The predicted octanol–water partition coefficient (Wildman–Crippen LogP) is 6.46. The molecule has 0 bridgehead atoms. The lowest BCUT2D eigenvalue weighted by Crippen LogP contribution is -2.11. The van der Waals surface area contributed by atoms with E-state index in [2.05, 4.69) is 10.2 Å². The Hall–Kier alpha value is -3.63. The Morgan fingerprint density at radius 1 is 1.11 bits per heavy atom. The second-order valence-corrected chi connectivity index (χ2v) is 9.60. The maximum Gasteiger partial charge on any atom is 0.220 e. The molecule has 0 fully saturated rings. The molecule has 4 rings (SSSR count). The Balaban J connectivity index is 1.56. The van der Waals surface area contributed by atoms with Crippen LogP contribution in [0.15, 0.2) is 71.9 Å². The SMILES string of the molecule is CCOc1ccc(-n2c(C)nnc2S[C@@H](C[N+](=O)[O-])c2ccc(OCc3cccc(F)c3)c(Cl)c2)cc1. The van der Waals surface area contributed by atoms with Gasteiger partial charge in [-0.05, 0) is 73.5 Å². The summed E-state index contributed by atoms with van der Waals surface area (Å²) < 4.78 is 26.5. The molecule has 1 atom stereocenters. The molecule has 1 heterocycles. The van der Waals surface area contributed by atoms with Gasteiger partial charge >= 0.3 is 0 Å². The molecule has 1 aromatic heterocycles. The number of aryl methyl sites for hydroxylation is 1. The van der Waals surface area contributed by atoms with Gasteiger partial charge in [0.2, 0.25) is 6.54 Å². The van der Waals surface area contributed by atoms with Gasteiger partial charge < -0.3 is 9.47 Å². The summed E-state index contributed by atoms with van der Waals surface area (Å²) in [6.07, 6.45) is 0. The summed E-state index contributed by atoms with van der Waals surface area (Å²) in [6, 6.07) is 18.6. The number of ether oxygens (including phenoxy) is 2. The van der Waals surface area contributed by atoms with Gasteiger partial charge in [-0.3, -0.25) is 14.7 Å². The van der Waals surface area contributed by atoms with Crippen molar-refractivity contribution in [3.63, 3.8) is 0 Å². The monoisotopic (exact) mass is 542 g/mol. The van der Waals surface area contributed by atoms with Crippen LogP contribution in [0, 0.1) is 22.9 Å². The second kappa shape index (κ2) is 12.1. The number of aromatic nitrogens is 3. The van der Waals surface area contributed by atoms with Crippen LogP contribution in [0.5, 0.6) is 11.5 Å². The van der Waals surface area contributed by atoms with Crippen molar-refractivity contribution in [1.82, 2.24) is 14.8 Å². The van der Waals surface area contributed by atoms with Crippen molar-refractivity contribution in [2.75, 3.05) is 13.2 Å². The van der Waals surface area contributed by atoms with Crippen LogP contribution in [-0.4, -0.2) is 32.8 Å². The molecule has 8 nitrogen and oxygen atoms in total. The van der Waals surface area contributed by atoms with Crippen molar-refractivity contribution in [2.24, 2.45) is 0 Å². The Morgan fingerprint density at radius 3 is 2.57 bits per heavy atom. The fourth-order valence-corrected chi connectivity index (χ4v) is 5.08. The summed E-state index contributed by atoms with van der Waals surface area (Å²) in [4.78, 5) is 11.1. The molecular formula is C26H24ClFN4O4S. The molecule has 0 amide bonds. The Morgan fingerprint density at radius 2 is 1.89 bits per heavy atom. The first-order valence-corrected chi connectivity index (χ1v) is 12.7. The maximum atomic E-state index is 13.4. The summed E-state index contributed by atoms with van der Waals surface area (Å²) in [5, 5.41) is 20.2. The number of benzene rings is 3. The first kappa shape index (κ1) is 26.4. The lowest BCUT2D eigenvalue weighted by molar-refractivity contribution is -0.479. The van der Waals surface area contributed by atoms with Crippen LogP contribution in [0.25, 0.3) is 5.69 Å². The van der Waals surface area contributed by atoms with Crippen molar-refractivity contribution in [3.05, 3.63) is 105 Å². The van der Waals surface area contributed by atoms with Gasteiger partial charge in [-0.1, -0.05) is 41.6 Å². The predicted molar refractivity (Wildman–Crippen MR) is 140 cm³/mol. The van der Waals surface area contributed by atoms with Gasteiger partial charge in [-0.25, -0.2) is 4.39 Å². The highest BCUT2D eigenvalue weighted by Gasteiger charge is 2.24. The molecule has 37 heavy (non-hydrogen) atoms. The van der Waals surface area contributed by atoms with Gasteiger partial charge in [0.05, 0.1) is 11.6 Å². The highest BCUT2D eigenvalue weighted by molar-refractivity contribution is 7.99. The van der Waals surface area contributed by atoms with E-state index in [0.717, 1.165) is 11.4 Å². The fourth-order valence-electron chi connectivity index (χ4n) is 3.67. The molecule has 0 saturated carbocycles. The zero-order valence-electron chi connectivity index (χ0n) is 20.1. The van der Waals surface area contributed by atoms with Crippen LogP contribution in [0.1, 0.15) is 29.1 Å². The van der Waals surface area contributed by atoms with Crippen molar-refractivity contribution < 1.29 is 18.8 Å². The normalized spacial score (nSPS) is 11.8. The number of hydrogen-bond donors (Lipinski definition) is 0. The molecule has 3 aromatic carbocycles. The van der Waals surface area contributed by atoms with E-state index in [1.165, 1.54) is 23.9 Å². The van der Waals surface area contributed by atoms with E-state index in [9.17, 15) is 14.5 Å². The van der Waals surface area contributed by atoms with E-state index in [0.29, 0.717) is 39.5 Å². The van der Waals surface area contributed by atoms with E-state index < -0.39 is 5.25 Å². The third-order valence-corrected chi connectivity index (χ3v) is 6.85. The fraction of sp³-hybridized carbons (Fsp3) is 0.231. The molecule has 0 aliphatic heterocycles. The second-order valence-electron chi connectivity index (χ2n) is 8.02. The zero-order valence-corrected chi connectivity index (χ0v) is 21.7. The lowest BCUT2D eigenvalue weighted by Gasteiger charge is -2.16. The van der Waals surface area contributed by atoms with E-state index in [1.807, 2.05) is 42.7 Å². The van der Waals surface area contributed by atoms with Gasteiger partial charge in [0.15, 0.2) is 5.16 Å². The zero-order chi connectivity index (χ0) is 26.4. The minimum atomic E-state index is -0.588. The molecule has 11 heteroatoms. The van der Waals surface area contributed by atoms with E-state index in [4.69, 9.17) is 21.1 Å². The summed E-state index contributed by atoms with van der Waals surface area (Å²) in [5.74, 6) is 1.43. The van der Waals surface area contributed by atoms with Crippen LogP contribution in [0.4, 0.5) is 4.39 Å². The van der Waals surface area contributed by atoms with Crippen molar-refractivity contribution >= 4 is 23.4 Å². The molecule has 0 N–H and O–H groups in total. The van der Waals surface area contributed by atoms with Crippen LogP contribution in [-0.2, 0) is 6.61 Å². The summed E-state index contributed by atoms with van der Waals surface area (Å²) in [6.45, 7) is 4.08. The molecule has 0 aliphatic rings. The van der Waals surface area contributed by atoms with E-state index in [-0.39, 0.29) is 23.9 Å². The molecule has 4 aromatic rings. The van der Waals surface area contributed by atoms with Crippen LogP contribution < -0.4 is 9.47 Å². The first-order chi connectivity index (χ1) is 17.8. The third-order valence-electron chi connectivity index (χ3n) is 5.37. The summed E-state index contributed by atoms with van der Waals surface area (Å²) in [7, 11) is 0. The van der Waals surface area contributed by atoms with E-state index in [1.54, 1.807) is 30.3 Å². The Kier molecular flexibility index (Phi) is 8.62. The van der Waals surface area contributed by atoms with Crippen molar-refractivity contribution in [1.29, 1.82) is 0 Å². The highest BCUT2D eigenvalue weighted by atomic mass is 35.5. The topological polar surface area (TPSA) is 92.3 Å². The third kappa shape index (κ3) is 6.78. The van der Waals surface area contributed by atoms with Crippen LogP contribution >= 0.6 is 23.4 Å². The molecule has 192 valence electrons.